The molecule has 0 radical (unpaired) electrons. The van der Waals surface area contributed by atoms with E-state index in [2.05, 4.69) is 9.88 Å². The van der Waals surface area contributed by atoms with E-state index < -0.39 is 17.4 Å². The van der Waals surface area contributed by atoms with Crippen molar-refractivity contribution in [1.82, 2.24) is 9.88 Å². The van der Waals surface area contributed by atoms with Gasteiger partial charge in [-0.15, -0.1) is 0 Å². The van der Waals surface area contributed by atoms with Crippen molar-refractivity contribution in [3.8, 4) is 5.75 Å². The molecule has 6 nitrogen and oxygen atoms in total. The molecule has 0 spiro atoms. The molecule has 1 aromatic carbocycles. The number of fused-ring (bicyclic) bond motifs is 1. The molecule has 31 heavy (non-hydrogen) atoms. The molecule has 164 valence electrons. The van der Waals surface area contributed by atoms with E-state index in [1.165, 1.54) is 12.1 Å². The van der Waals surface area contributed by atoms with Crippen molar-refractivity contribution >= 4 is 16.8 Å². The Morgan fingerprint density at radius 1 is 1.10 bits per heavy atom. The van der Waals surface area contributed by atoms with Crippen LogP contribution in [-0.2, 0) is 12.7 Å². The molecule has 1 aliphatic rings. The van der Waals surface area contributed by atoms with Gasteiger partial charge in [-0.05, 0) is 36.2 Å². The number of methoxy groups -OCH3 is 1. The largest absolute Gasteiger partial charge is 0.497 e. The minimum atomic E-state index is -4.39. The number of hydrogen-bond donors (Lipinski definition) is 0. The van der Waals surface area contributed by atoms with Crippen LogP contribution in [0.2, 0.25) is 0 Å². The summed E-state index contributed by atoms with van der Waals surface area (Å²) in [5.74, 6) is 1.15. The smallest absolute Gasteiger partial charge is 0.417 e. The van der Waals surface area contributed by atoms with Crippen LogP contribution in [0.25, 0.3) is 11.0 Å². The number of hydrogen-bond acceptors (Lipinski definition) is 6. The fourth-order valence-electron chi connectivity index (χ4n) is 3.81. The van der Waals surface area contributed by atoms with Crippen LogP contribution in [0.15, 0.2) is 51.8 Å². The average molecular weight is 433 g/mol. The van der Waals surface area contributed by atoms with Gasteiger partial charge in [0.25, 0.3) is 0 Å². The molecule has 0 unspecified atom stereocenters. The second-order valence-corrected chi connectivity index (χ2v) is 7.47. The van der Waals surface area contributed by atoms with Crippen molar-refractivity contribution in [2.75, 3.05) is 38.2 Å². The van der Waals surface area contributed by atoms with E-state index in [9.17, 15) is 18.0 Å². The lowest BCUT2D eigenvalue weighted by Crippen LogP contribution is -2.31. The predicted molar refractivity (Wildman–Crippen MR) is 110 cm³/mol. The van der Waals surface area contributed by atoms with Crippen molar-refractivity contribution in [2.24, 2.45) is 0 Å². The SMILES string of the molecule is COc1ccc2c(CN3CCCN(c4ccc(C(F)(F)F)cn4)CC3)cc(=O)oc2c1. The third kappa shape index (κ3) is 4.82. The van der Waals surface area contributed by atoms with Crippen LogP contribution in [0.4, 0.5) is 19.0 Å². The number of anilines is 1. The summed E-state index contributed by atoms with van der Waals surface area (Å²) in [4.78, 5) is 20.2. The monoisotopic (exact) mass is 433 g/mol. The Balaban J connectivity index is 1.48. The first-order valence-corrected chi connectivity index (χ1v) is 9.95. The number of nitrogens with zero attached hydrogens (tertiary/aromatic N) is 3. The highest BCUT2D eigenvalue weighted by Gasteiger charge is 2.31. The number of pyridine rings is 1. The molecule has 3 aromatic rings. The normalized spacial score (nSPS) is 15.8. The number of halogens is 3. The lowest BCUT2D eigenvalue weighted by molar-refractivity contribution is -0.137. The second-order valence-electron chi connectivity index (χ2n) is 7.47. The zero-order valence-electron chi connectivity index (χ0n) is 17.0. The summed E-state index contributed by atoms with van der Waals surface area (Å²) in [6, 6.07) is 9.39. The molecule has 0 aliphatic carbocycles. The van der Waals surface area contributed by atoms with E-state index in [1.807, 2.05) is 17.0 Å². The molecular weight excluding hydrogens is 411 g/mol. The highest BCUT2D eigenvalue weighted by molar-refractivity contribution is 5.81. The van der Waals surface area contributed by atoms with Gasteiger partial charge in [-0.2, -0.15) is 13.2 Å². The van der Waals surface area contributed by atoms with Crippen LogP contribution in [0.1, 0.15) is 17.5 Å². The minimum Gasteiger partial charge on any atom is -0.497 e. The van der Waals surface area contributed by atoms with E-state index >= 15 is 0 Å². The lowest BCUT2D eigenvalue weighted by Gasteiger charge is -2.23. The average Bonchev–Trinajstić information content (AvgIpc) is 2.98. The summed E-state index contributed by atoms with van der Waals surface area (Å²) in [6.45, 7) is 3.40. The van der Waals surface area contributed by atoms with E-state index in [0.29, 0.717) is 43.3 Å². The molecule has 0 N–H and O–H groups in total. The van der Waals surface area contributed by atoms with Crippen molar-refractivity contribution in [2.45, 2.75) is 19.1 Å². The Morgan fingerprint density at radius 2 is 1.94 bits per heavy atom. The summed E-state index contributed by atoms with van der Waals surface area (Å²) < 4.78 is 48.8. The summed E-state index contributed by atoms with van der Waals surface area (Å²) in [5.41, 5.74) is 0.183. The topological polar surface area (TPSA) is 58.8 Å². The van der Waals surface area contributed by atoms with Gasteiger partial charge in [0.1, 0.15) is 17.2 Å². The van der Waals surface area contributed by atoms with Gasteiger partial charge in [-0.1, -0.05) is 0 Å². The third-order valence-electron chi connectivity index (χ3n) is 5.42. The van der Waals surface area contributed by atoms with E-state index in [0.717, 1.165) is 36.2 Å². The van der Waals surface area contributed by atoms with E-state index in [4.69, 9.17) is 9.15 Å². The molecule has 0 atom stereocenters. The van der Waals surface area contributed by atoms with Crippen LogP contribution in [0.3, 0.4) is 0 Å². The highest BCUT2D eigenvalue weighted by Crippen LogP contribution is 2.29. The summed E-state index contributed by atoms with van der Waals surface area (Å²) in [6.07, 6.45) is -2.69. The highest BCUT2D eigenvalue weighted by atomic mass is 19.4. The number of aromatic nitrogens is 1. The fourth-order valence-corrected chi connectivity index (χ4v) is 3.81. The standard InChI is InChI=1S/C22H22F3N3O3/c1-30-17-4-5-18-15(11-21(29)31-19(18)12-17)14-27-7-2-8-28(10-9-27)20-6-3-16(13-26-20)22(23,24)25/h3-6,11-13H,2,7-10,14H2,1H3. The van der Waals surface area contributed by atoms with Gasteiger partial charge >= 0.3 is 11.8 Å². The second kappa shape index (κ2) is 8.58. The number of ether oxygens (including phenoxy) is 1. The number of alkyl halides is 3. The van der Waals surface area contributed by atoms with Gasteiger partial charge in [-0.3, -0.25) is 4.90 Å². The molecule has 4 rings (SSSR count). The predicted octanol–water partition coefficient (Wildman–Crippen LogP) is 3.93. The van der Waals surface area contributed by atoms with Crippen LogP contribution < -0.4 is 15.3 Å². The minimum absolute atomic E-state index is 0.416. The maximum Gasteiger partial charge on any atom is 0.417 e. The van der Waals surface area contributed by atoms with Gasteiger partial charge in [0.2, 0.25) is 0 Å². The zero-order chi connectivity index (χ0) is 22.0. The van der Waals surface area contributed by atoms with Gasteiger partial charge in [0, 0.05) is 56.4 Å². The number of rotatable bonds is 4. The number of benzene rings is 1. The summed E-state index contributed by atoms with van der Waals surface area (Å²) in [7, 11) is 1.55. The Morgan fingerprint density at radius 3 is 2.65 bits per heavy atom. The summed E-state index contributed by atoms with van der Waals surface area (Å²) in [5, 5.41) is 0.853. The van der Waals surface area contributed by atoms with Gasteiger partial charge in [0.15, 0.2) is 0 Å². The van der Waals surface area contributed by atoms with Gasteiger partial charge in [-0.25, -0.2) is 9.78 Å². The molecule has 3 heterocycles. The molecule has 0 amide bonds. The Labute approximate surface area is 176 Å². The van der Waals surface area contributed by atoms with E-state index in [1.54, 1.807) is 13.2 Å². The maximum atomic E-state index is 12.8. The molecular formula is C22H22F3N3O3. The van der Waals surface area contributed by atoms with Crippen molar-refractivity contribution in [3.05, 3.63) is 64.1 Å². The van der Waals surface area contributed by atoms with Crippen LogP contribution in [0, 0.1) is 0 Å². The molecule has 2 aromatic heterocycles. The first-order valence-electron chi connectivity index (χ1n) is 9.95. The van der Waals surface area contributed by atoms with Crippen molar-refractivity contribution in [3.63, 3.8) is 0 Å². The van der Waals surface area contributed by atoms with Gasteiger partial charge in [0.05, 0.1) is 12.7 Å². The molecule has 0 bridgehead atoms. The van der Waals surface area contributed by atoms with Crippen LogP contribution >= 0.6 is 0 Å². The van der Waals surface area contributed by atoms with Crippen molar-refractivity contribution < 1.29 is 22.3 Å². The molecule has 1 fully saturated rings. The van der Waals surface area contributed by atoms with Crippen LogP contribution in [-0.4, -0.2) is 43.2 Å². The first kappa shape index (κ1) is 21.2. The molecule has 1 saturated heterocycles. The Bertz CT molecular complexity index is 1110. The maximum absolute atomic E-state index is 12.8. The van der Waals surface area contributed by atoms with E-state index in [-0.39, 0.29) is 0 Å². The Hall–Kier alpha value is -3.07. The lowest BCUT2D eigenvalue weighted by atomic mass is 10.1. The molecule has 0 saturated carbocycles. The first-order chi connectivity index (χ1) is 14.8. The molecule has 9 heteroatoms. The fraction of sp³-hybridized carbons (Fsp3) is 0.364. The van der Waals surface area contributed by atoms with Gasteiger partial charge < -0.3 is 14.1 Å². The van der Waals surface area contributed by atoms with Crippen molar-refractivity contribution in [1.29, 1.82) is 0 Å². The Kier molecular flexibility index (Phi) is 5.86. The summed E-state index contributed by atoms with van der Waals surface area (Å²) >= 11 is 0. The quantitative estimate of drug-likeness (QED) is 0.582. The zero-order valence-corrected chi connectivity index (χ0v) is 17.0. The molecule has 1 aliphatic heterocycles. The van der Waals surface area contributed by atoms with Crippen LogP contribution in [0.5, 0.6) is 5.75 Å². The third-order valence-corrected chi connectivity index (χ3v) is 5.42.